The number of aliphatic hydroxyl groups is 1. The number of likely N-dealkylation sites (N-methyl/N-ethyl adjacent to an activating group) is 1. The maximum atomic E-state index is 11.1. The molecule has 1 aliphatic rings. The molecule has 1 aliphatic carbocycles. The molecule has 0 unspecified atom stereocenters. The van der Waals surface area contributed by atoms with Gasteiger partial charge in [0, 0.05) is 13.6 Å². The molecule has 1 rings (SSSR count). The van der Waals surface area contributed by atoms with Crippen molar-refractivity contribution < 1.29 is 9.90 Å². The van der Waals surface area contributed by atoms with Crippen LogP contribution in [0.5, 0.6) is 0 Å². The van der Waals surface area contributed by atoms with Crippen molar-refractivity contribution in [2.24, 2.45) is 5.73 Å². The maximum absolute atomic E-state index is 11.1. The third-order valence-corrected chi connectivity index (χ3v) is 2.67. The molecule has 3 N–H and O–H groups in total. The molecular weight excluding hydrogens is 168 g/mol. The van der Waals surface area contributed by atoms with Gasteiger partial charge in [0.2, 0.25) is 5.91 Å². The molecule has 1 saturated carbocycles. The van der Waals surface area contributed by atoms with Crippen molar-refractivity contribution in [3.63, 3.8) is 0 Å². The fourth-order valence-electron chi connectivity index (χ4n) is 1.88. The van der Waals surface area contributed by atoms with Crippen LogP contribution < -0.4 is 5.73 Å². The van der Waals surface area contributed by atoms with E-state index in [9.17, 15) is 9.90 Å². The SMILES string of the molecule is CN(CC1(O)CCCC1)C(=O)CN. The molecular formula is C9H18N2O2. The zero-order valence-electron chi connectivity index (χ0n) is 8.12. The molecule has 0 atom stereocenters. The topological polar surface area (TPSA) is 66.6 Å². The van der Waals surface area contributed by atoms with Crippen LogP contribution in [0.15, 0.2) is 0 Å². The molecule has 0 saturated heterocycles. The number of amides is 1. The van der Waals surface area contributed by atoms with Gasteiger partial charge in [0.05, 0.1) is 12.1 Å². The normalized spacial score (nSPS) is 20.2. The maximum Gasteiger partial charge on any atom is 0.236 e. The Hall–Kier alpha value is -0.610. The zero-order valence-corrected chi connectivity index (χ0v) is 8.12. The first-order valence-electron chi connectivity index (χ1n) is 4.74. The lowest BCUT2D eigenvalue weighted by molar-refractivity contribution is -0.131. The predicted octanol–water partition coefficient (Wildman–Crippen LogP) is -0.291. The molecule has 4 nitrogen and oxygen atoms in total. The monoisotopic (exact) mass is 186 g/mol. The van der Waals surface area contributed by atoms with E-state index in [-0.39, 0.29) is 12.5 Å². The highest BCUT2D eigenvalue weighted by atomic mass is 16.3. The van der Waals surface area contributed by atoms with E-state index in [1.807, 2.05) is 0 Å². The summed E-state index contributed by atoms with van der Waals surface area (Å²) < 4.78 is 0. The lowest BCUT2D eigenvalue weighted by Gasteiger charge is -2.28. The van der Waals surface area contributed by atoms with Crippen LogP contribution in [0.4, 0.5) is 0 Å². The molecule has 0 aromatic carbocycles. The summed E-state index contributed by atoms with van der Waals surface area (Å²) in [7, 11) is 1.69. The highest BCUT2D eigenvalue weighted by Gasteiger charge is 2.32. The zero-order chi connectivity index (χ0) is 9.90. The van der Waals surface area contributed by atoms with E-state index in [0.717, 1.165) is 25.7 Å². The van der Waals surface area contributed by atoms with Crippen molar-refractivity contribution in [3.8, 4) is 0 Å². The lowest BCUT2D eigenvalue weighted by Crippen LogP contribution is -2.44. The Kier molecular flexibility index (Phi) is 3.27. The molecule has 1 amide bonds. The number of nitrogens with zero attached hydrogens (tertiary/aromatic N) is 1. The Bertz CT molecular complexity index is 188. The first-order valence-corrected chi connectivity index (χ1v) is 4.74. The van der Waals surface area contributed by atoms with Crippen molar-refractivity contribution in [1.82, 2.24) is 4.90 Å². The van der Waals surface area contributed by atoms with Crippen molar-refractivity contribution in [2.45, 2.75) is 31.3 Å². The average molecular weight is 186 g/mol. The summed E-state index contributed by atoms with van der Waals surface area (Å²) in [4.78, 5) is 12.7. The van der Waals surface area contributed by atoms with Crippen LogP contribution in [0.1, 0.15) is 25.7 Å². The number of hydrogen-bond acceptors (Lipinski definition) is 3. The minimum Gasteiger partial charge on any atom is -0.388 e. The second-order valence-electron chi connectivity index (χ2n) is 3.89. The van der Waals surface area contributed by atoms with Crippen LogP contribution in [0, 0.1) is 0 Å². The second kappa shape index (κ2) is 4.07. The van der Waals surface area contributed by atoms with Gasteiger partial charge in [0.15, 0.2) is 0 Å². The first kappa shape index (κ1) is 10.5. The van der Waals surface area contributed by atoms with E-state index in [4.69, 9.17) is 5.73 Å². The summed E-state index contributed by atoms with van der Waals surface area (Å²) in [6.07, 6.45) is 3.71. The fourth-order valence-corrected chi connectivity index (χ4v) is 1.88. The molecule has 4 heteroatoms. The number of rotatable bonds is 3. The molecule has 0 aromatic heterocycles. The van der Waals surface area contributed by atoms with E-state index in [1.165, 1.54) is 4.90 Å². The molecule has 0 heterocycles. The van der Waals surface area contributed by atoms with Gasteiger partial charge in [-0.3, -0.25) is 4.79 Å². The van der Waals surface area contributed by atoms with Gasteiger partial charge in [0.25, 0.3) is 0 Å². The van der Waals surface area contributed by atoms with E-state index in [0.29, 0.717) is 6.54 Å². The van der Waals surface area contributed by atoms with Crippen LogP contribution in [0.2, 0.25) is 0 Å². The summed E-state index contributed by atoms with van der Waals surface area (Å²) in [5.41, 5.74) is 4.56. The number of nitrogens with two attached hydrogens (primary N) is 1. The highest BCUT2D eigenvalue weighted by molar-refractivity contribution is 5.77. The van der Waals surface area contributed by atoms with Crippen molar-refractivity contribution >= 4 is 5.91 Å². The molecule has 0 spiro atoms. The number of carbonyl (C=O) groups is 1. The number of hydrogen-bond donors (Lipinski definition) is 2. The predicted molar refractivity (Wildman–Crippen MR) is 50.1 cm³/mol. The quantitative estimate of drug-likeness (QED) is 0.636. The molecule has 13 heavy (non-hydrogen) atoms. The molecule has 0 radical (unpaired) electrons. The highest BCUT2D eigenvalue weighted by Crippen LogP contribution is 2.29. The van der Waals surface area contributed by atoms with E-state index >= 15 is 0 Å². The smallest absolute Gasteiger partial charge is 0.236 e. The Morgan fingerprint density at radius 1 is 1.54 bits per heavy atom. The van der Waals surface area contributed by atoms with Crippen LogP contribution in [0.25, 0.3) is 0 Å². The second-order valence-corrected chi connectivity index (χ2v) is 3.89. The summed E-state index contributed by atoms with van der Waals surface area (Å²) in [5, 5.41) is 9.97. The summed E-state index contributed by atoms with van der Waals surface area (Å²) in [6, 6.07) is 0. The van der Waals surface area contributed by atoms with E-state index < -0.39 is 5.60 Å². The number of carbonyl (C=O) groups excluding carboxylic acids is 1. The van der Waals surface area contributed by atoms with Gasteiger partial charge in [-0.2, -0.15) is 0 Å². The Balaban J connectivity index is 2.42. The summed E-state index contributed by atoms with van der Waals surface area (Å²) in [5.74, 6) is -0.111. The minimum atomic E-state index is -0.653. The summed E-state index contributed by atoms with van der Waals surface area (Å²) >= 11 is 0. The largest absolute Gasteiger partial charge is 0.388 e. The van der Waals surface area contributed by atoms with Crippen LogP contribution in [0.3, 0.4) is 0 Å². The lowest BCUT2D eigenvalue weighted by atomic mass is 10.0. The van der Waals surface area contributed by atoms with Gasteiger partial charge in [-0.25, -0.2) is 0 Å². The third kappa shape index (κ3) is 2.67. The van der Waals surface area contributed by atoms with Gasteiger partial charge < -0.3 is 15.7 Å². The standard InChI is InChI=1S/C9H18N2O2/c1-11(8(12)6-10)7-9(13)4-2-3-5-9/h13H,2-7,10H2,1H3. The van der Waals surface area contributed by atoms with Gasteiger partial charge in [0.1, 0.15) is 0 Å². The van der Waals surface area contributed by atoms with E-state index in [2.05, 4.69) is 0 Å². The van der Waals surface area contributed by atoms with Crippen molar-refractivity contribution in [2.75, 3.05) is 20.1 Å². The Morgan fingerprint density at radius 2 is 2.08 bits per heavy atom. The van der Waals surface area contributed by atoms with Crippen molar-refractivity contribution in [1.29, 1.82) is 0 Å². The van der Waals surface area contributed by atoms with E-state index in [1.54, 1.807) is 7.05 Å². The fraction of sp³-hybridized carbons (Fsp3) is 0.889. The molecule has 0 aliphatic heterocycles. The molecule has 1 fully saturated rings. The Morgan fingerprint density at radius 3 is 2.54 bits per heavy atom. The van der Waals surface area contributed by atoms with Crippen LogP contribution in [-0.2, 0) is 4.79 Å². The Labute approximate surface area is 78.7 Å². The van der Waals surface area contributed by atoms with Gasteiger partial charge in [-0.05, 0) is 12.8 Å². The van der Waals surface area contributed by atoms with Gasteiger partial charge in [-0.15, -0.1) is 0 Å². The van der Waals surface area contributed by atoms with Crippen molar-refractivity contribution in [3.05, 3.63) is 0 Å². The summed E-state index contributed by atoms with van der Waals surface area (Å²) in [6.45, 7) is 0.440. The average Bonchev–Trinajstić information content (AvgIpc) is 2.50. The molecule has 0 bridgehead atoms. The van der Waals surface area contributed by atoms with Crippen LogP contribution >= 0.6 is 0 Å². The van der Waals surface area contributed by atoms with Crippen LogP contribution in [-0.4, -0.2) is 41.7 Å². The molecule has 76 valence electrons. The molecule has 0 aromatic rings. The first-order chi connectivity index (χ1) is 6.07. The van der Waals surface area contributed by atoms with Gasteiger partial charge >= 0.3 is 0 Å². The third-order valence-electron chi connectivity index (χ3n) is 2.67. The van der Waals surface area contributed by atoms with Gasteiger partial charge in [-0.1, -0.05) is 12.8 Å². The minimum absolute atomic E-state index is 0.0204.